The van der Waals surface area contributed by atoms with E-state index in [2.05, 4.69) is 42.7 Å². The Labute approximate surface area is 247 Å². The second-order valence-corrected chi connectivity index (χ2v) is 12.2. The number of carbonyl (C=O) groups is 1. The Morgan fingerprint density at radius 1 is 1.12 bits per heavy atom. The van der Waals surface area contributed by atoms with Gasteiger partial charge in [0, 0.05) is 47.5 Å². The third-order valence-corrected chi connectivity index (χ3v) is 7.21. The van der Waals surface area contributed by atoms with Crippen molar-refractivity contribution in [2.24, 2.45) is 5.41 Å². The average Bonchev–Trinajstić information content (AvgIpc) is 3.67. The van der Waals surface area contributed by atoms with Gasteiger partial charge in [-0.1, -0.05) is 40.4 Å². The van der Waals surface area contributed by atoms with Crippen LogP contribution < -0.4 is 10.2 Å². The van der Waals surface area contributed by atoms with Gasteiger partial charge < -0.3 is 19.4 Å². The minimum Gasteiger partial charge on any atom is -0.442 e. The van der Waals surface area contributed by atoms with E-state index in [0.717, 1.165) is 17.7 Å². The van der Waals surface area contributed by atoms with Crippen LogP contribution in [0.4, 0.5) is 12.0 Å². The summed E-state index contributed by atoms with van der Waals surface area (Å²) in [7, 11) is 0. The monoisotopic (exact) mass is 599 g/mol. The number of anilines is 2. The summed E-state index contributed by atoms with van der Waals surface area (Å²) in [6, 6.07) is 5.88. The fraction of sp³-hybridized carbons (Fsp3) is 0.444. The molecule has 1 unspecified atom stereocenters. The zero-order valence-electron chi connectivity index (χ0n) is 23.3. The summed E-state index contributed by atoms with van der Waals surface area (Å²) in [6.07, 6.45) is 6.63. The molecular formula is C27H31Cl2N9O3. The second-order valence-electron chi connectivity index (χ2n) is 11.3. The Balaban J connectivity index is 1.15. The lowest BCUT2D eigenvalue weighted by Gasteiger charge is -2.21. The third-order valence-electron chi connectivity index (χ3n) is 6.77. The first-order valence-corrected chi connectivity index (χ1v) is 13.9. The van der Waals surface area contributed by atoms with Crippen molar-refractivity contribution in [2.75, 3.05) is 29.9 Å². The number of halogens is 2. The van der Waals surface area contributed by atoms with E-state index in [0.29, 0.717) is 59.5 Å². The highest BCUT2D eigenvalue weighted by Gasteiger charge is 2.39. The molecule has 1 saturated heterocycles. The van der Waals surface area contributed by atoms with Crippen LogP contribution in [0.5, 0.6) is 0 Å². The first kappa shape index (κ1) is 28.7. The van der Waals surface area contributed by atoms with Gasteiger partial charge in [-0.2, -0.15) is 0 Å². The van der Waals surface area contributed by atoms with Gasteiger partial charge in [-0.05, 0) is 57.4 Å². The molecule has 1 fully saturated rings. The molecule has 0 aliphatic carbocycles. The summed E-state index contributed by atoms with van der Waals surface area (Å²) in [4.78, 5) is 22.8. The van der Waals surface area contributed by atoms with Crippen molar-refractivity contribution >= 4 is 41.1 Å². The smallest absolute Gasteiger partial charge is 0.318 e. The van der Waals surface area contributed by atoms with E-state index in [-0.39, 0.29) is 18.1 Å². The molecule has 216 valence electrons. The zero-order chi connectivity index (χ0) is 29.2. The van der Waals surface area contributed by atoms with Crippen LogP contribution in [0.25, 0.3) is 11.5 Å². The largest absolute Gasteiger partial charge is 0.442 e. The summed E-state index contributed by atoms with van der Waals surface area (Å²) in [5, 5.41) is 21.3. The van der Waals surface area contributed by atoms with E-state index in [1.165, 1.54) is 4.68 Å². The molecular weight excluding hydrogens is 569 g/mol. The van der Waals surface area contributed by atoms with E-state index in [9.17, 15) is 4.79 Å². The van der Waals surface area contributed by atoms with Gasteiger partial charge in [0.2, 0.25) is 5.95 Å². The normalized spacial score (nSPS) is 17.2. The summed E-state index contributed by atoms with van der Waals surface area (Å²) in [5.41, 5.74) is 1.58. The molecule has 0 bridgehead atoms. The highest BCUT2D eigenvalue weighted by molar-refractivity contribution is 6.34. The molecule has 4 aromatic rings. The molecule has 1 atom stereocenters. The number of hydrogen-bond donors (Lipinski definition) is 1. The van der Waals surface area contributed by atoms with Crippen molar-refractivity contribution in [1.29, 1.82) is 0 Å². The highest BCUT2D eigenvalue weighted by Crippen LogP contribution is 2.35. The van der Waals surface area contributed by atoms with Gasteiger partial charge in [-0.3, -0.25) is 4.79 Å². The molecule has 41 heavy (non-hydrogen) atoms. The standard InChI is InChI=1S/C27H31Cl2N9O3/c1-26(2,3)23(39)40-16-38-14-21(33-36-38)27(4)6-8-37(15-27)25-35-34-22(41-25)18-12-31-24(32-13-18)30-7-5-17-9-19(28)11-20(29)10-17/h9-14H,5-8,15-16H2,1-4H3,(H,30,31,32). The maximum Gasteiger partial charge on any atom is 0.318 e. The van der Waals surface area contributed by atoms with Crippen LogP contribution in [-0.2, 0) is 28.1 Å². The van der Waals surface area contributed by atoms with E-state index in [1.54, 1.807) is 39.2 Å². The van der Waals surface area contributed by atoms with Gasteiger partial charge in [-0.15, -0.1) is 10.2 Å². The molecule has 0 amide bonds. The van der Waals surface area contributed by atoms with Crippen molar-refractivity contribution in [3.8, 4) is 11.5 Å². The molecule has 5 rings (SSSR count). The zero-order valence-corrected chi connectivity index (χ0v) is 24.8. The predicted octanol–water partition coefficient (Wildman–Crippen LogP) is 4.79. The Hall–Kier alpha value is -3.77. The van der Waals surface area contributed by atoms with Crippen LogP contribution in [0, 0.1) is 5.41 Å². The van der Waals surface area contributed by atoms with Crippen LogP contribution in [0.3, 0.4) is 0 Å². The van der Waals surface area contributed by atoms with Gasteiger partial charge >= 0.3 is 12.0 Å². The molecule has 1 aromatic carbocycles. The van der Waals surface area contributed by atoms with Gasteiger partial charge in [0.25, 0.3) is 5.89 Å². The van der Waals surface area contributed by atoms with Crippen molar-refractivity contribution in [3.63, 3.8) is 0 Å². The van der Waals surface area contributed by atoms with Crippen molar-refractivity contribution in [1.82, 2.24) is 35.2 Å². The number of esters is 1. The Morgan fingerprint density at radius 2 is 1.85 bits per heavy atom. The minimum atomic E-state index is -0.580. The molecule has 0 spiro atoms. The lowest BCUT2D eigenvalue weighted by molar-refractivity contribution is -0.157. The number of nitrogens with zero attached hydrogens (tertiary/aromatic N) is 8. The Morgan fingerprint density at radius 3 is 2.56 bits per heavy atom. The number of aromatic nitrogens is 7. The summed E-state index contributed by atoms with van der Waals surface area (Å²) >= 11 is 12.1. The minimum absolute atomic E-state index is 0.0169. The van der Waals surface area contributed by atoms with Crippen LogP contribution >= 0.6 is 23.2 Å². The van der Waals surface area contributed by atoms with E-state index >= 15 is 0 Å². The van der Waals surface area contributed by atoms with Crippen LogP contribution in [0.15, 0.2) is 41.2 Å². The average molecular weight is 601 g/mol. The summed E-state index contributed by atoms with van der Waals surface area (Å²) in [5.74, 6) is 0.523. The van der Waals surface area contributed by atoms with Crippen LogP contribution in [0.1, 0.15) is 45.4 Å². The van der Waals surface area contributed by atoms with E-state index in [4.69, 9.17) is 32.4 Å². The molecule has 4 heterocycles. The fourth-order valence-corrected chi connectivity index (χ4v) is 4.95. The molecule has 1 N–H and O–H groups in total. The second kappa shape index (κ2) is 11.6. The number of nitrogens with one attached hydrogen (secondary N) is 1. The lowest BCUT2D eigenvalue weighted by atomic mass is 9.86. The fourth-order valence-electron chi connectivity index (χ4n) is 4.38. The molecule has 3 aromatic heterocycles. The maximum absolute atomic E-state index is 12.1. The molecule has 1 aliphatic rings. The highest BCUT2D eigenvalue weighted by atomic mass is 35.5. The molecule has 0 radical (unpaired) electrons. The van der Waals surface area contributed by atoms with Crippen LogP contribution in [-0.4, -0.2) is 60.8 Å². The summed E-state index contributed by atoms with van der Waals surface area (Å²) < 4.78 is 12.8. The first-order valence-electron chi connectivity index (χ1n) is 13.2. The number of benzene rings is 1. The van der Waals surface area contributed by atoms with Crippen LogP contribution in [0.2, 0.25) is 10.0 Å². The van der Waals surface area contributed by atoms with Gasteiger partial charge in [0.05, 0.1) is 22.9 Å². The molecule has 0 saturated carbocycles. The SMILES string of the molecule is CC(C)(C)C(=O)OCn1cc(C2(C)CCN(c3nnc(-c4cnc(NCCc5cc(Cl)cc(Cl)c5)nc4)o3)C2)nn1. The van der Waals surface area contributed by atoms with Gasteiger partial charge in [0.15, 0.2) is 6.73 Å². The first-order chi connectivity index (χ1) is 19.5. The Bertz CT molecular complexity index is 1500. The van der Waals surface area contributed by atoms with Gasteiger partial charge in [0.1, 0.15) is 0 Å². The lowest BCUT2D eigenvalue weighted by Crippen LogP contribution is -2.28. The number of rotatable bonds is 9. The Kier molecular flexibility index (Phi) is 8.14. The number of ether oxygens (including phenoxy) is 1. The van der Waals surface area contributed by atoms with Crippen molar-refractivity contribution in [3.05, 3.63) is 58.1 Å². The number of hydrogen-bond acceptors (Lipinski definition) is 11. The van der Waals surface area contributed by atoms with Crippen molar-refractivity contribution in [2.45, 2.75) is 52.7 Å². The van der Waals surface area contributed by atoms with E-state index in [1.807, 2.05) is 23.2 Å². The maximum atomic E-state index is 12.1. The quantitative estimate of drug-likeness (QED) is 0.265. The summed E-state index contributed by atoms with van der Waals surface area (Å²) in [6.45, 7) is 9.49. The predicted molar refractivity (Wildman–Crippen MR) is 154 cm³/mol. The topological polar surface area (TPSA) is 137 Å². The van der Waals surface area contributed by atoms with E-state index < -0.39 is 5.41 Å². The molecule has 1 aliphatic heterocycles. The molecule has 14 heteroatoms. The van der Waals surface area contributed by atoms with Crippen molar-refractivity contribution < 1.29 is 13.9 Å². The number of carbonyl (C=O) groups excluding carboxylic acids is 1. The third kappa shape index (κ3) is 6.94. The van der Waals surface area contributed by atoms with Gasteiger partial charge in [-0.25, -0.2) is 14.6 Å². The molecule has 12 nitrogen and oxygen atoms in total.